The molecule has 1 atom stereocenters. The molecule has 2 aromatic carbocycles. The van der Waals surface area contributed by atoms with Crippen LogP contribution < -0.4 is 0 Å². The van der Waals surface area contributed by atoms with E-state index in [1.165, 1.54) is 16.7 Å². The normalized spacial score (nSPS) is 15.2. The maximum atomic E-state index is 6.02. The number of halogens is 2. The summed E-state index contributed by atoms with van der Waals surface area (Å²) in [5.41, 5.74) is 3.95. The van der Waals surface area contributed by atoms with E-state index in [1.807, 2.05) is 30.3 Å². The zero-order valence-corrected chi connectivity index (χ0v) is 15.3. The summed E-state index contributed by atoms with van der Waals surface area (Å²) in [5, 5.41) is 0. The van der Waals surface area contributed by atoms with Crippen LogP contribution in [0, 0.1) is 6.07 Å². The molecule has 0 aromatic heterocycles. The van der Waals surface area contributed by atoms with Gasteiger partial charge in [0.25, 0.3) is 0 Å². The monoisotopic (exact) mass is 380 g/mol. The van der Waals surface area contributed by atoms with Gasteiger partial charge in [-0.15, -0.1) is 0 Å². The summed E-state index contributed by atoms with van der Waals surface area (Å²) in [5.74, 6) is 0. The molecule has 0 amide bonds. The van der Waals surface area contributed by atoms with Crippen LogP contribution in [0.1, 0.15) is 27.2 Å². The molecule has 20 heavy (non-hydrogen) atoms. The first kappa shape index (κ1) is 16.0. The molecule has 0 spiro atoms. The fourth-order valence-corrected chi connectivity index (χ4v) is 6.16. The summed E-state index contributed by atoms with van der Waals surface area (Å²) in [6.45, 7) is 2.14. The molecule has 0 saturated carbocycles. The molecule has 0 fully saturated rings. The van der Waals surface area contributed by atoms with Crippen molar-refractivity contribution in [2.75, 3.05) is 0 Å². The fraction of sp³-hybridized carbons (Fsp3) is 0.176. The third-order valence-electron chi connectivity index (χ3n) is 3.21. The molecule has 2 aromatic rings. The molecular formula is C17H16Cl2Zr. The predicted octanol–water partition coefficient (Wildman–Crippen LogP) is 5.73. The van der Waals surface area contributed by atoms with Gasteiger partial charge in [0, 0.05) is 0 Å². The van der Waals surface area contributed by atoms with E-state index in [1.54, 1.807) is 0 Å². The number of aryl methyl sites for hydroxylation is 1. The van der Waals surface area contributed by atoms with Crippen LogP contribution in [-0.2, 0) is 25.8 Å². The van der Waals surface area contributed by atoms with Crippen LogP contribution in [0.25, 0.3) is 6.08 Å². The van der Waals surface area contributed by atoms with Crippen LogP contribution in [0.2, 0.25) is 0 Å². The van der Waals surface area contributed by atoms with E-state index < -0.39 is 19.4 Å². The predicted molar refractivity (Wildman–Crippen MR) is 84.6 cm³/mol. The molecule has 1 radical (unpaired) electrons. The van der Waals surface area contributed by atoms with E-state index in [-0.39, 0.29) is 0 Å². The topological polar surface area (TPSA) is 0 Å². The number of hydrogen-bond acceptors (Lipinski definition) is 0. The quantitative estimate of drug-likeness (QED) is 0.622. The third-order valence-corrected chi connectivity index (χ3v) is 8.39. The fourth-order valence-electron chi connectivity index (χ4n) is 2.09. The van der Waals surface area contributed by atoms with Gasteiger partial charge in [0.15, 0.2) is 0 Å². The Labute approximate surface area is 136 Å². The second kappa shape index (κ2) is 8.18. The van der Waals surface area contributed by atoms with Gasteiger partial charge < -0.3 is 0 Å². The molecule has 0 aliphatic heterocycles. The Morgan fingerprint density at radius 3 is 2.55 bits per heavy atom. The average molecular weight is 382 g/mol. The standard InChI is InChI=1S/C9H7.C8H9.2ClH.Zr/c1-2-5-9-7-3-6-8(9)4-1;1-2-8-6-4-3-5-7-8;;;/h1-7H;3-4,6-7H,2H2,1H3;2*1H;/q;;;;+2/p-2. The van der Waals surface area contributed by atoms with Gasteiger partial charge in [-0.05, 0) is 18.1 Å². The van der Waals surface area contributed by atoms with Crippen LogP contribution in [-0.4, -0.2) is 0 Å². The molecular weight excluding hydrogens is 366 g/mol. The molecule has 1 aliphatic rings. The zero-order chi connectivity index (χ0) is 14.4. The number of allylic oxidation sites excluding steroid dienone is 1. The maximum absolute atomic E-state index is 6.02. The Kier molecular flexibility index (Phi) is 6.55. The molecule has 3 heteroatoms. The van der Waals surface area contributed by atoms with E-state index in [9.17, 15) is 0 Å². The Bertz CT molecular complexity index is 564. The molecule has 0 heterocycles. The van der Waals surface area contributed by atoms with Crippen molar-refractivity contribution in [1.82, 2.24) is 0 Å². The van der Waals surface area contributed by atoms with Crippen molar-refractivity contribution in [3.05, 3.63) is 77.4 Å². The van der Waals surface area contributed by atoms with Gasteiger partial charge in [0.2, 0.25) is 0 Å². The second-order valence-corrected chi connectivity index (χ2v) is 13.4. The van der Waals surface area contributed by atoms with E-state index >= 15 is 0 Å². The molecule has 0 N–H and O–H groups in total. The van der Waals surface area contributed by atoms with Gasteiger partial charge in [-0.3, -0.25) is 0 Å². The van der Waals surface area contributed by atoms with Crippen molar-refractivity contribution in [3.63, 3.8) is 0 Å². The summed E-state index contributed by atoms with van der Waals surface area (Å²) in [6.07, 6.45) is 5.36. The van der Waals surface area contributed by atoms with Gasteiger partial charge >= 0.3 is 87.6 Å². The first-order valence-corrected chi connectivity index (χ1v) is 14.4. The summed E-state index contributed by atoms with van der Waals surface area (Å²) < 4.78 is 0.368. The SMILES string of the molecule is CCc1c[c]ccc1.[Cl][Zr]([Cl])[CH]1C=Cc2ccccc21. The van der Waals surface area contributed by atoms with E-state index in [4.69, 9.17) is 17.0 Å². The summed E-state index contributed by atoms with van der Waals surface area (Å²) in [7, 11) is 12.0. The number of hydrogen-bond donors (Lipinski definition) is 0. The zero-order valence-electron chi connectivity index (χ0n) is 11.3. The van der Waals surface area contributed by atoms with Crippen LogP contribution in [0.15, 0.2) is 54.6 Å². The van der Waals surface area contributed by atoms with Crippen molar-refractivity contribution >= 4 is 23.1 Å². The Morgan fingerprint density at radius 2 is 1.95 bits per heavy atom. The van der Waals surface area contributed by atoms with Crippen LogP contribution >= 0.6 is 17.0 Å². The van der Waals surface area contributed by atoms with Gasteiger partial charge in [-0.25, -0.2) is 0 Å². The summed E-state index contributed by atoms with van der Waals surface area (Å²) in [4.78, 5) is 0. The number of benzene rings is 2. The van der Waals surface area contributed by atoms with Crippen LogP contribution in [0.5, 0.6) is 0 Å². The minimum atomic E-state index is -2.13. The van der Waals surface area contributed by atoms with Crippen LogP contribution in [0.3, 0.4) is 0 Å². The third kappa shape index (κ3) is 4.32. The Balaban J connectivity index is 0.000000160. The van der Waals surface area contributed by atoms with Crippen LogP contribution in [0.4, 0.5) is 0 Å². The van der Waals surface area contributed by atoms with Crippen molar-refractivity contribution in [1.29, 1.82) is 0 Å². The molecule has 3 rings (SSSR count). The van der Waals surface area contributed by atoms with E-state index in [0.29, 0.717) is 3.63 Å². The summed E-state index contributed by atoms with van der Waals surface area (Å²) >= 11 is -2.13. The Morgan fingerprint density at radius 1 is 1.15 bits per heavy atom. The van der Waals surface area contributed by atoms with E-state index in [0.717, 1.165) is 6.42 Å². The van der Waals surface area contributed by atoms with Gasteiger partial charge in [0.05, 0.1) is 0 Å². The van der Waals surface area contributed by atoms with Gasteiger partial charge in [0.1, 0.15) is 0 Å². The molecule has 0 bridgehead atoms. The van der Waals surface area contributed by atoms with E-state index in [2.05, 4.69) is 43.3 Å². The van der Waals surface area contributed by atoms with Crippen molar-refractivity contribution in [2.45, 2.75) is 17.0 Å². The van der Waals surface area contributed by atoms with Crippen molar-refractivity contribution in [2.24, 2.45) is 0 Å². The molecule has 0 saturated heterocycles. The van der Waals surface area contributed by atoms with Crippen molar-refractivity contribution in [3.8, 4) is 0 Å². The van der Waals surface area contributed by atoms with Gasteiger partial charge in [-0.1, -0.05) is 31.2 Å². The second-order valence-electron chi connectivity index (χ2n) is 4.52. The molecule has 1 aliphatic carbocycles. The van der Waals surface area contributed by atoms with Gasteiger partial charge in [-0.2, -0.15) is 0 Å². The minimum absolute atomic E-state index is 0.368. The number of fused-ring (bicyclic) bond motifs is 1. The first-order chi connectivity index (χ1) is 9.72. The van der Waals surface area contributed by atoms with Crippen molar-refractivity contribution < 1.29 is 19.4 Å². The number of rotatable bonds is 2. The Hall–Kier alpha value is -0.357. The first-order valence-electron chi connectivity index (χ1n) is 6.62. The molecule has 1 unspecified atom stereocenters. The summed E-state index contributed by atoms with van der Waals surface area (Å²) in [6, 6.07) is 19.4. The molecule has 102 valence electrons. The average Bonchev–Trinajstić information content (AvgIpc) is 2.93. The molecule has 0 nitrogen and oxygen atoms in total.